The van der Waals surface area contributed by atoms with Crippen LogP contribution in [-0.4, -0.2) is 34.7 Å². The lowest BCUT2D eigenvalue weighted by Crippen LogP contribution is -2.27. The zero-order valence-corrected chi connectivity index (χ0v) is 12.0. The van der Waals surface area contributed by atoms with Crippen LogP contribution in [0.25, 0.3) is 0 Å². The molecule has 0 aromatic carbocycles. The van der Waals surface area contributed by atoms with Crippen LogP contribution in [0.5, 0.6) is 0 Å². The number of sulfonamides is 1. The molecule has 0 unspecified atom stereocenters. The van der Waals surface area contributed by atoms with Crippen LogP contribution in [0.2, 0.25) is 0 Å². The maximum absolute atomic E-state index is 12.2. The molecule has 18 heavy (non-hydrogen) atoms. The fourth-order valence-electron chi connectivity index (χ4n) is 1.49. The van der Waals surface area contributed by atoms with Gasteiger partial charge in [0.2, 0.25) is 0 Å². The van der Waals surface area contributed by atoms with Gasteiger partial charge in [-0.15, -0.1) is 11.3 Å². The van der Waals surface area contributed by atoms with E-state index in [4.69, 9.17) is 0 Å². The van der Waals surface area contributed by atoms with Gasteiger partial charge in [-0.25, -0.2) is 18.4 Å². The summed E-state index contributed by atoms with van der Waals surface area (Å²) in [6.07, 6.45) is 1.33. The van der Waals surface area contributed by atoms with Crippen LogP contribution in [0.3, 0.4) is 0 Å². The molecule has 2 rings (SSSR count). The number of aromatic amines is 1. The van der Waals surface area contributed by atoms with Crippen LogP contribution >= 0.6 is 11.3 Å². The molecule has 0 atom stereocenters. The third-order valence-electron chi connectivity index (χ3n) is 2.42. The highest BCUT2D eigenvalue weighted by atomic mass is 32.2. The number of aryl methyl sites for hydroxylation is 2. The van der Waals surface area contributed by atoms with Gasteiger partial charge in [0, 0.05) is 12.4 Å². The van der Waals surface area contributed by atoms with Gasteiger partial charge in [-0.2, -0.15) is 4.31 Å². The summed E-state index contributed by atoms with van der Waals surface area (Å²) in [7, 11) is -2.00. The molecule has 1 N–H and O–H groups in total. The van der Waals surface area contributed by atoms with E-state index in [2.05, 4.69) is 15.0 Å². The minimum absolute atomic E-state index is 0.106. The zero-order chi connectivity index (χ0) is 13.3. The Morgan fingerprint density at radius 2 is 2.17 bits per heavy atom. The first-order valence-electron chi connectivity index (χ1n) is 5.28. The van der Waals surface area contributed by atoms with Crippen molar-refractivity contribution >= 4 is 21.4 Å². The minimum Gasteiger partial charge on any atom is -0.332 e. The number of thiazole rings is 1. The molecule has 2 aromatic heterocycles. The van der Waals surface area contributed by atoms with E-state index in [1.54, 1.807) is 6.92 Å². The van der Waals surface area contributed by atoms with Gasteiger partial charge in [0.05, 0.1) is 23.4 Å². The number of H-pyrrole nitrogens is 1. The molecule has 0 saturated heterocycles. The molecule has 0 spiro atoms. The molecule has 0 saturated carbocycles. The molecule has 8 heteroatoms. The normalized spacial score (nSPS) is 12.2. The number of nitrogens with one attached hydrogen (secondary N) is 1. The number of hydrogen-bond acceptors (Lipinski definition) is 5. The third-order valence-corrected chi connectivity index (χ3v) is 4.95. The van der Waals surface area contributed by atoms with Gasteiger partial charge in [-0.3, -0.25) is 0 Å². The lowest BCUT2D eigenvalue weighted by atomic mass is 10.5. The second-order valence-electron chi connectivity index (χ2n) is 3.95. The third kappa shape index (κ3) is 2.60. The fraction of sp³-hybridized carbons (Fsp3) is 0.400. The second-order valence-corrected chi connectivity index (χ2v) is 7.03. The highest BCUT2D eigenvalue weighted by Crippen LogP contribution is 2.16. The molecule has 98 valence electrons. The Morgan fingerprint density at radius 1 is 1.44 bits per heavy atom. The van der Waals surface area contributed by atoms with Crippen LogP contribution in [0, 0.1) is 13.8 Å². The maximum atomic E-state index is 12.2. The molecular formula is C10H14N4O2S2. The van der Waals surface area contributed by atoms with Gasteiger partial charge in [-0.1, -0.05) is 0 Å². The molecule has 0 amide bonds. The highest BCUT2D eigenvalue weighted by Gasteiger charge is 2.23. The second kappa shape index (κ2) is 4.79. The molecule has 0 aliphatic heterocycles. The molecule has 0 fully saturated rings. The Balaban J connectivity index is 2.20. The zero-order valence-electron chi connectivity index (χ0n) is 10.3. The summed E-state index contributed by atoms with van der Waals surface area (Å²) < 4.78 is 25.6. The Morgan fingerprint density at radius 3 is 2.67 bits per heavy atom. The molecule has 0 aliphatic rings. The van der Waals surface area contributed by atoms with E-state index >= 15 is 0 Å². The van der Waals surface area contributed by atoms with E-state index in [-0.39, 0.29) is 11.6 Å². The maximum Gasteiger partial charge on any atom is 0.260 e. The van der Waals surface area contributed by atoms with Crippen LogP contribution in [-0.2, 0) is 16.6 Å². The Bertz CT molecular complexity index is 644. The predicted molar refractivity (Wildman–Crippen MR) is 68.8 cm³/mol. The number of rotatable bonds is 4. The molecule has 2 heterocycles. The van der Waals surface area contributed by atoms with Crippen molar-refractivity contribution < 1.29 is 8.42 Å². The summed E-state index contributed by atoms with van der Waals surface area (Å²) in [5.74, 6) is 0.575. The number of nitrogens with zero attached hydrogens (tertiary/aromatic N) is 3. The lowest BCUT2D eigenvalue weighted by molar-refractivity contribution is 0.460. The van der Waals surface area contributed by atoms with Crippen molar-refractivity contribution in [3.05, 3.63) is 28.1 Å². The smallest absolute Gasteiger partial charge is 0.260 e. The summed E-state index contributed by atoms with van der Waals surface area (Å²) in [5, 5.41) is 2.89. The Kier molecular flexibility index (Phi) is 3.51. The molecule has 6 nitrogen and oxygen atoms in total. The topological polar surface area (TPSA) is 79.0 Å². The standard InChI is InChI=1S/C10H14N4O2S2/c1-7-11-4-10(12-7)18(15,16)14(3)5-9-6-17-8(2)13-9/h4,6H,5H2,1-3H3,(H,11,12). The van der Waals surface area contributed by atoms with Gasteiger partial charge in [0.1, 0.15) is 5.82 Å². The minimum atomic E-state index is -3.53. The van der Waals surface area contributed by atoms with E-state index in [0.717, 1.165) is 10.7 Å². The van der Waals surface area contributed by atoms with E-state index in [1.807, 2.05) is 12.3 Å². The Hall–Kier alpha value is -1.25. The first-order valence-corrected chi connectivity index (χ1v) is 7.60. The molecule has 0 bridgehead atoms. The SMILES string of the molecule is Cc1ncc(S(=O)(=O)N(C)Cc2csc(C)n2)[nH]1. The first kappa shape index (κ1) is 13.2. The quantitative estimate of drug-likeness (QED) is 0.919. The molecule has 0 aliphatic carbocycles. The van der Waals surface area contributed by atoms with Gasteiger partial charge in [0.15, 0.2) is 5.03 Å². The van der Waals surface area contributed by atoms with E-state index in [0.29, 0.717) is 5.82 Å². The number of hydrogen-bond donors (Lipinski definition) is 1. The van der Waals surface area contributed by atoms with Crippen LogP contribution in [0.1, 0.15) is 16.5 Å². The average molecular weight is 286 g/mol. The fourth-order valence-corrected chi connectivity index (χ4v) is 3.20. The lowest BCUT2D eigenvalue weighted by Gasteiger charge is -2.14. The Labute approximate surface area is 110 Å². The predicted octanol–water partition coefficient (Wildman–Crippen LogP) is 1.30. The summed E-state index contributed by atoms with van der Waals surface area (Å²) in [4.78, 5) is 10.9. The van der Waals surface area contributed by atoms with Crippen molar-refractivity contribution in [3.8, 4) is 0 Å². The first-order chi connectivity index (χ1) is 8.39. The average Bonchev–Trinajstić information content (AvgIpc) is 2.88. The summed E-state index contributed by atoms with van der Waals surface area (Å²) in [6, 6.07) is 0. The molecule has 0 radical (unpaired) electrons. The van der Waals surface area contributed by atoms with Gasteiger partial charge in [0.25, 0.3) is 10.0 Å². The van der Waals surface area contributed by atoms with E-state index in [1.165, 1.54) is 28.9 Å². The van der Waals surface area contributed by atoms with Crippen LogP contribution in [0.15, 0.2) is 16.6 Å². The van der Waals surface area contributed by atoms with E-state index < -0.39 is 10.0 Å². The van der Waals surface area contributed by atoms with Crippen molar-refractivity contribution in [2.24, 2.45) is 0 Å². The summed E-state index contributed by atoms with van der Waals surface area (Å²) >= 11 is 1.50. The van der Waals surface area contributed by atoms with Crippen molar-refractivity contribution in [2.75, 3.05) is 7.05 Å². The molecule has 2 aromatic rings. The summed E-state index contributed by atoms with van der Waals surface area (Å²) in [5.41, 5.74) is 0.750. The monoisotopic (exact) mass is 286 g/mol. The summed E-state index contributed by atoms with van der Waals surface area (Å²) in [6.45, 7) is 3.86. The van der Waals surface area contributed by atoms with Crippen molar-refractivity contribution in [1.82, 2.24) is 19.3 Å². The van der Waals surface area contributed by atoms with Gasteiger partial charge < -0.3 is 4.98 Å². The number of imidazole rings is 1. The van der Waals surface area contributed by atoms with Gasteiger partial charge in [-0.05, 0) is 13.8 Å². The van der Waals surface area contributed by atoms with E-state index in [9.17, 15) is 8.42 Å². The van der Waals surface area contributed by atoms with Crippen molar-refractivity contribution in [1.29, 1.82) is 0 Å². The van der Waals surface area contributed by atoms with Crippen LogP contribution < -0.4 is 0 Å². The van der Waals surface area contributed by atoms with Crippen molar-refractivity contribution in [2.45, 2.75) is 25.4 Å². The molecular weight excluding hydrogens is 272 g/mol. The highest BCUT2D eigenvalue weighted by molar-refractivity contribution is 7.89. The van der Waals surface area contributed by atoms with Crippen LogP contribution in [0.4, 0.5) is 0 Å². The largest absolute Gasteiger partial charge is 0.332 e. The van der Waals surface area contributed by atoms with Crippen molar-refractivity contribution in [3.63, 3.8) is 0 Å². The number of aromatic nitrogens is 3. The van der Waals surface area contributed by atoms with Gasteiger partial charge >= 0.3 is 0 Å².